The van der Waals surface area contributed by atoms with Gasteiger partial charge in [0.25, 0.3) is 6.71 Å². The van der Waals surface area contributed by atoms with Crippen LogP contribution in [-0.2, 0) is 32.5 Å². The lowest BCUT2D eigenvalue weighted by Crippen LogP contribution is -2.62. The smallest absolute Gasteiger partial charge is 0.252 e. The lowest BCUT2D eigenvalue weighted by molar-refractivity contribution is 0.332. The predicted molar refractivity (Wildman–Crippen MR) is 301 cm³/mol. The summed E-state index contributed by atoms with van der Waals surface area (Å²) in [7, 11) is 0. The van der Waals surface area contributed by atoms with Gasteiger partial charge in [0.1, 0.15) is 0 Å². The summed E-state index contributed by atoms with van der Waals surface area (Å²) in [6.07, 6.45) is 2.32. The van der Waals surface area contributed by atoms with Crippen molar-refractivity contribution in [3.05, 3.63) is 173 Å². The van der Waals surface area contributed by atoms with E-state index in [9.17, 15) is 0 Å². The van der Waals surface area contributed by atoms with Crippen LogP contribution in [0.25, 0.3) is 22.3 Å². The first-order valence-electron chi connectivity index (χ1n) is 25.8. The topological polar surface area (TPSA) is 6.48 Å². The molecule has 0 amide bonds. The molecule has 7 aromatic carbocycles. The van der Waals surface area contributed by atoms with Gasteiger partial charge < -0.3 is 9.80 Å². The van der Waals surface area contributed by atoms with Gasteiger partial charge in [-0.15, -0.1) is 0 Å². The van der Waals surface area contributed by atoms with Crippen molar-refractivity contribution >= 4 is 57.2 Å². The normalized spacial score (nSPS) is 16.1. The van der Waals surface area contributed by atoms with Gasteiger partial charge in [0, 0.05) is 34.0 Å². The molecule has 352 valence electrons. The standard InChI is InChI=1S/C66H75BN2/c1-61(2,3)43-25-22-26-47(35-43)68-56-37-45(63(7,8)9)29-31-53(56)67-54-40-51-52(66(15,16)34-33-65(51,13)14)41-57(54)69(59-39-46(64(10,11)12)38-58(68)60(59)67)55-32-30-44(62(4,5)6)36-50(55)49-28-21-20-27-48(49)42-23-18-17-19-24-42/h17-32,35-41H,33-34H2,1-16H3. The Morgan fingerprint density at radius 3 is 1.51 bits per heavy atom. The third-order valence-electron chi connectivity index (χ3n) is 16.1. The van der Waals surface area contributed by atoms with E-state index in [2.05, 4.69) is 260 Å². The first kappa shape index (κ1) is 46.9. The molecule has 1 aliphatic carbocycles. The molecule has 10 rings (SSSR count). The second-order valence-corrected chi connectivity index (χ2v) is 26.2. The van der Waals surface area contributed by atoms with E-state index < -0.39 is 0 Å². The fourth-order valence-corrected chi connectivity index (χ4v) is 11.6. The van der Waals surface area contributed by atoms with Crippen LogP contribution in [0.4, 0.5) is 34.1 Å². The lowest BCUT2D eigenvalue weighted by Gasteiger charge is -2.48. The summed E-state index contributed by atoms with van der Waals surface area (Å²) in [5, 5.41) is 0. The molecule has 0 fully saturated rings. The van der Waals surface area contributed by atoms with Crippen molar-refractivity contribution in [2.45, 2.75) is 156 Å². The Balaban J connectivity index is 1.39. The maximum Gasteiger partial charge on any atom is 0.252 e. The summed E-state index contributed by atoms with van der Waals surface area (Å²) in [6.45, 7) is 38.2. The largest absolute Gasteiger partial charge is 0.311 e. The Morgan fingerprint density at radius 1 is 0.377 bits per heavy atom. The SMILES string of the molecule is CC(C)(C)c1cccc(N2c3cc(C(C)(C)C)ccc3B3c4cc5c(cc4N(c4ccc(C(C)(C)C)cc4-c4ccccc4-c4ccccc4)c4cc(C(C)(C)C)cc2c43)C(C)(C)CCC5(C)C)c1. The third kappa shape index (κ3) is 7.97. The molecule has 0 spiro atoms. The lowest BCUT2D eigenvalue weighted by atomic mass is 9.33. The number of fused-ring (bicyclic) bond motifs is 5. The molecule has 3 heteroatoms. The van der Waals surface area contributed by atoms with Gasteiger partial charge in [-0.3, -0.25) is 0 Å². The van der Waals surface area contributed by atoms with Gasteiger partial charge >= 0.3 is 0 Å². The highest BCUT2D eigenvalue weighted by Gasteiger charge is 2.47. The van der Waals surface area contributed by atoms with Crippen LogP contribution in [0.2, 0.25) is 0 Å². The van der Waals surface area contributed by atoms with Gasteiger partial charge in [0.15, 0.2) is 0 Å². The molecule has 2 aliphatic heterocycles. The molecule has 7 aromatic rings. The van der Waals surface area contributed by atoms with E-state index >= 15 is 0 Å². The van der Waals surface area contributed by atoms with Crippen LogP contribution in [0.1, 0.15) is 157 Å². The van der Waals surface area contributed by atoms with Gasteiger partial charge in [0.05, 0.1) is 5.69 Å². The van der Waals surface area contributed by atoms with Crippen LogP contribution in [0.15, 0.2) is 140 Å². The molecule has 69 heavy (non-hydrogen) atoms. The minimum absolute atomic E-state index is 0.0152. The molecule has 0 saturated carbocycles. The maximum absolute atomic E-state index is 2.72. The number of rotatable bonds is 4. The van der Waals surface area contributed by atoms with Crippen molar-refractivity contribution in [3.8, 4) is 22.3 Å². The minimum Gasteiger partial charge on any atom is -0.311 e. The van der Waals surface area contributed by atoms with Gasteiger partial charge in [0.2, 0.25) is 0 Å². The van der Waals surface area contributed by atoms with Crippen LogP contribution in [0, 0.1) is 0 Å². The Morgan fingerprint density at radius 2 is 0.884 bits per heavy atom. The number of benzene rings is 7. The monoisotopic (exact) mass is 907 g/mol. The quantitative estimate of drug-likeness (QED) is 0.162. The van der Waals surface area contributed by atoms with Crippen molar-refractivity contribution in [2.75, 3.05) is 9.80 Å². The molecule has 0 radical (unpaired) electrons. The molecular weight excluding hydrogens is 832 g/mol. The summed E-state index contributed by atoms with van der Waals surface area (Å²) < 4.78 is 0. The highest BCUT2D eigenvalue weighted by atomic mass is 15.2. The Bertz CT molecular complexity index is 3160. The fourth-order valence-electron chi connectivity index (χ4n) is 11.6. The van der Waals surface area contributed by atoms with Crippen molar-refractivity contribution in [1.29, 1.82) is 0 Å². The van der Waals surface area contributed by atoms with Crippen molar-refractivity contribution in [1.82, 2.24) is 0 Å². The van der Waals surface area contributed by atoms with Crippen LogP contribution < -0.4 is 26.2 Å². The van der Waals surface area contributed by atoms with Gasteiger partial charge in [-0.25, -0.2) is 0 Å². The van der Waals surface area contributed by atoms with E-state index in [0.717, 1.165) is 12.8 Å². The molecule has 0 aromatic heterocycles. The van der Waals surface area contributed by atoms with E-state index in [1.165, 1.54) is 106 Å². The number of hydrogen-bond donors (Lipinski definition) is 0. The number of nitrogens with zero attached hydrogens (tertiary/aromatic N) is 2. The van der Waals surface area contributed by atoms with Crippen molar-refractivity contribution in [3.63, 3.8) is 0 Å². The summed E-state index contributed by atoms with van der Waals surface area (Å²) in [6, 6.07) is 54.8. The number of anilines is 6. The van der Waals surface area contributed by atoms with E-state index in [0.29, 0.717) is 0 Å². The van der Waals surface area contributed by atoms with Crippen LogP contribution in [0.3, 0.4) is 0 Å². The molecule has 0 saturated heterocycles. The van der Waals surface area contributed by atoms with Crippen molar-refractivity contribution < 1.29 is 0 Å². The Hall–Kier alpha value is -5.80. The third-order valence-corrected chi connectivity index (χ3v) is 16.1. The Kier molecular flexibility index (Phi) is 10.8. The summed E-state index contributed by atoms with van der Waals surface area (Å²) in [4.78, 5) is 5.37. The Labute approximate surface area is 416 Å². The van der Waals surface area contributed by atoms with Gasteiger partial charge in [-0.1, -0.05) is 202 Å². The first-order valence-corrected chi connectivity index (χ1v) is 25.8. The van der Waals surface area contributed by atoms with Crippen LogP contribution in [-0.4, -0.2) is 6.71 Å². The van der Waals surface area contributed by atoms with E-state index in [1.807, 2.05) is 0 Å². The van der Waals surface area contributed by atoms with Gasteiger partial charge in [-0.2, -0.15) is 0 Å². The molecular formula is C66H75BN2. The first-order chi connectivity index (χ1) is 32.2. The highest BCUT2D eigenvalue weighted by Crippen LogP contribution is 2.53. The summed E-state index contributed by atoms with van der Waals surface area (Å²) >= 11 is 0. The number of hydrogen-bond acceptors (Lipinski definition) is 2. The minimum atomic E-state index is -0.139. The molecule has 3 aliphatic rings. The molecule has 2 heterocycles. The van der Waals surface area contributed by atoms with Crippen molar-refractivity contribution in [2.24, 2.45) is 0 Å². The highest BCUT2D eigenvalue weighted by molar-refractivity contribution is 7.00. The van der Waals surface area contributed by atoms with Crippen LogP contribution >= 0.6 is 0 Å². The molecule has 2 nitrogen and oxygen atoms in total. The van der Waals surface area contributed by atoms with Crippen LogP contribution in [0.5, 0.6) is 0 Å². The molecule has 0 bridgehead atoms. The molecule has 0 atom stereocenters. The van der Waals surface area contributed by atoms with E-state index in [1.54, 1.807) is 0 Å². The molecule has 0 unspecified atom stereocenters. The van der Waals surface area contributed by atoms with E-state index in [4.69, 9.17) is 0 Å². The average molecular weight is 907 g/mol. The van der Waals surface area contributed by atoms with Gasteiger partial charge in [-0.05, 0) is 160 Å². The van der Waals surface area contributed by atoms with E-state index in [-0.39, 0.29) is 39.2 Å². The fraction of sp³-hybridized carbons (Fsp3) is 0.364. The predicted octanol–water partition coefficient (Wildman–Crippen LogP) is 16.6. The average Bonchev–Trinajstić information content (AvgIpc) is 3.28. The second-order valence-electron chi connectivity index (χ2n) is 26.2. The maximum atomic E-state index is 2.72. The second kappa shape index (κ2) is 15.9. The zero-order valence-corrected chi connectivity index (χ0v) is 44.7. The zero-order chi connectivity index (χ0) is 49.4. The summed E-state index contributed by atoms with van der Waals surface area (Å²) in [5.41, 5.74) is 24.8. The zero-order valence-electron chi connectivity index (χ0n) is 44.7. The molecule has 0 N–H and O–H groups in total. The summed E-state index contributed by atoms with van der Waals surface area (Å²) in [5.74, 6) is 0.